The molecule has 1 heterocycles. The topological polar surface area (TPSA) is 30.0 Å². The highest BCUT2D eigenvalue weighted by molar-refractivity contribution is 6.11. The first kappa shape index (κ1) is 7.85. The van der Waals surface area contributed by atoms with Gasteiger partial charge in [0.2, 0.25) is 5.95 Å². The lowest BCUT2D eigenvalue weighted by Crippen LogP contribution is -2.16. The third-order valence-corrected chi connectivity index (χ3v) is 3.01. The van der Waals surface area contributed by atoms with Crippen LogP contribution in [0.25, 0.3) is 0 Å². The zero-order valence-corrected chi connectivity index (χ0v) is 7.46. The van der Waals surface area contributed by atoms with Gasteiger partial charge in [-0.2, -0.15) is 4.39 Å². The molecule has 2 aliphatic carbocycles. The first-order valence-corrected chi connectivity index (χ1v) is 4.65. The van der Waals surface area contributed by atoms with Crippen molar-refractivity contribution in [2.24, 2.45) is 0 Å². The molecule has 0 aliphatic heterocycles. The average Bonchev–Trinajstić information content (AvgIpc) is 2.60. The van der Waals surface area contributed by atoms with Gasteiger partial charge in [0.05, 0.1) is 5.56 Å². The normalized spacial score (nSPS) is 23.4. The molecular weight excluding hydrogens is 181 g/mol. The summed E-state index contributed by atoms with van der Waals surface area (Å²) in [6.45, 7) is 0. The van der Waals surface area contributed by atoms with Crippen molar-refractivity contribution in [3.8, 4) is 0 Å². The van der Waals surface area contributed by atoms with Crippen molar-refractivity contribution in [2.45, 2.75) is 18.8 Å². The van der Waals surface area contributed by atoms with Crippen molar-refractivity contribution in [1.29, 1.82) is 0 Å². The molecule has 70 valence electrons. The van der Waals surface area contributed by atoms with Crippen molar-refractivity contribution in [1.82, 2.24) is 4.98 Å². The van der Waals surface area contributed by atoms with Gasteiger partial charge >= 0.3 is 0 Å². The van der Waals surface area contributed by atoms with Crippen molar-refractivity contribution in [3.05, 3.63) is 41.0 Å². The summed E-state index contributed by atoms with van der Waals surface area (Å²) in [7, 11) is 0. The summed E-state index contributed by atoms with van der Waals surface area (Å²) in [6, 6.07) is 1.76. The fraction of sp³-hybridized carbons (Fsp3) is 0.273. The van der Waals surface area contributed by atoms with E-state index in [0.29, 0.717) is 5.92 Å². The Morgan fingerprint density at radius 3 is 3.21 bits per heavy atom. The van der Waals surface area contributed by atoms with E-state index in [1.807, 2.05) is 6.08 Å². The van der Waals surface area contributed by atoms with Crippen LogP contribution < -0.4 is 0 Å². The summed E-state index contributed by atoms with van der Waals surface area (Å²) in [6.07, 6.45) is 4.99. The summed E-state index contributed by atoms with van der Waals surface area (Å²) in [4.78, 5) is 15.3. The molecule has 0 fully saturated rings. The molecule has 0 radical (unpaired) electrons. The molecule has 2 aliphatic rings. The first-order chi connectivity index (χ1) is 6.77. The third-order valence-electron chi connectivity index (χ3n) is 3.01. The van der Waals surface area contributed by atoms with E-state index in [4.69, 9.17) is 0 Å². The van der Waals surface area contributed by atoms with Gasteiger partial charge in [-0.25, -0.2) is 4.98 Å². The molecule has 0 saturated carbocycles. The Kier molecular flexibility index (Phi) is 1.40. The predicted molar refractivity (Wildman–Crippen MR) is 48.6 cm³/mol. The SMILES string of the molecule is O=C1C2=CCC(C2)c2ccnc(F)c21. The summed E-state index contributed by atoms with van der Waals surface area (Å²) in [5, 5.41) is 0. The van der Waals surface area contributed by atoms with Gasteiger partial charge in [-0.05, 0) is 36.0 Å². The van der Waals surface area contributed by atoms with Crippen molar-refractivity contribution < 1.29 is 9.18 Å². The molecule has 3 rings (SSSR count). The number of halogens is 1. The standard InChI is InChI=1S/C11H8FNO/c12-11-9-8(3-4-13-11)6-1-2-7(5-6)10(9)14/h2-4,6H,1,5H2. The number of allylic oxidation sites excluding steroid dienone is 2. The van der Waals surface area contributed by atoms with Gasteiger partial charge in [-0.1, -0.05) is 6.08 Å². The molecule has 2 nitrogen and oxygen atoms in total. The van der Waals surface area contributed by atoms with Crippen LogP contribution >= 0.6 is 0 Å². The van der Waals surface area contributed by atoms with Crippen LogP contribution in [0.3, 0.4) is 0 Å². The van der Waals surface area contributed by atoms with E-state index in [1.54, 1.807) is 6.07 Å². The van der Waals surface area contributed by atoms with Crippen molar-refractivity contribution in [3.63, 3.8) is 0 Å². The Morgan fingerprint density at radius 1 is 1.50 bits per heavy atom. The highest BCUT2D eigenvalue weighted by Gasteiger charge is 2.35. The highest BCUT2D eigenvalue weighted by Crippen LogP contribution is 2.42. The third kappa shape index (κ3) is 0.842. The number of hydrogen-bond donors (Lipinski definition) is 0. The summed E-state index contributed by atoms with van der Waals surface area (Å²) in [5.41, 5.74) is 1.79. The fourth-order valence-corrected chi connectivity index (χ4v) is 2.31. The number of aromatic nitrogens is 1. The van der Waals surface area contributed by atoms with Gasteiger partial charge in [-0.3, -0.25) is 4.79 Å². The molecule has 1 aromatic heterocycles. The first-order valence-electron chi connectivity index (χ1n) is 4.65. The van der Waals surface area contributed by atoms with Gasteiger partial charge in [0, 0.05) is 6.20 Å². The minimum Gasteiger partial charge on any atom is -0.289 e. The molecular formula is C11H8FNO. The van der Waals surface area contributed by atoms with Gasteiger partial charge in [0.25, 0.3) is 0 Å². The molecule has 3 heteroatoms. The quantitative estimate of drug-likeness (QED) is 0.586. The van der Waals surface area contributed by atoms with Crippen LogP contribution in [0.15, 0.2) is 23.9 Å². The minimum atomic E-state index is -0.620. The summed E-state index contributed by atoms with van der Waals surface area (Å²) < 4.78 is 13.3. The second-order valence-electron chi connectivity index (χ2n) is 3.76. The summed E-state index contributed by atoms with van der Waals surface area (Å²) >= 11 is 0. The lowest BCUT2D eigenvalue weighted by molar-refractivity contribution is 0.102. The van der Waals surface area contributed by atoms with E-state index in [1.165, 1.54) is 6.20 Å². The second kappa shape index (κ2) is 2.50. The molecule has 1 unspecified atom stereocenters. The number of nitrogens with zero attached hydrogens (tertiary/aromatic N) is 1. The molecule has 2 bridgehead atoms. The van der Waals surface area contributed by atoms with Gasteiger partial charge in [0.15, 0.2) is 5.78 Å². The average molecular weight is 189 g/mol. The van der Waals surface area contributed by atoms with Gasteiger partial charge < -0.3 is 0 Å². The molecule has 1 aromatic rings. The number of Topliss-reactive ketones (excluding diaryl/α,β-unsaturated/α-hetero) is 1. The van der Waals surface area contributed by atoms with Crippen LogP contribution in [0, 0.1) is 5.95 Å². The maximum atomic E-state index is 13.3. The molecule has 0 N–H and O–H groups in total. The number of ketones is 1. The number of rotatable bonds is 0. The molecule has 1 atom stereocenters. The molecule has 0 spiro atoms. The number of fused-ring (bicyclic) bond motifs is 4. The maximum absolute atomic E-state index is 13.3. The maximum Gasteiger partial charge on any atom is 0.224 e. The predicted octanol–water partition coefficient (Wildman–Crippen LogP) is 2.22. The number of pyridine rings is 1. The van der Waals surface area contributed by atoms with Gasteiger partial charge in [-0.15, -0.1) is 0 Å². The van der Waals surface area contributed by atoms with Gasteiger partial charge in [0.1, 0.15) is 0 Å². The lowest BCUT2D eigenvalue weighted by atomic mass is 9.84. The zero-order valence-electron chi connectivity index (χ0n) is 7.46. The largest absolute Gasteiger partial charge is 0.289 e. The van der Waals surface area contributed by atoms with Crippen LogP contribution in [0.1, 0.15) is 34.7 Å². The van der Waals surface area contributed by atoms with Crippen LogP contribution in [-0.4, -0.2) is 10.8 Å². The van der Waals surface area contributed by atoms with E-state index in [9.17, 15) is 9.18 Å². The molecule has 0 amide bonds. The summed E-state index contributed by atoms with van der Waals surface area (Å²) in [5.74, 6) is -0.487. The Hall–Kier alpha value is -1.51. The smallest absolute Gasteiger partial charge is 0.224 e. The Balaban J connectivity index is 2.31. The Labute approximate surface area is 80.5 Å². The van der Waals surface area contributed by atoms with Crippen molar-refractivity contribution >= 4 is 5.78 Å². The van der Waals surface area contributed by atoms with Crippen LogP contribution in [0.2, 0.25) is 0 Å². The highest BCUT2D eigenvalue weighted by atomic mass is 19.1. The van der Waals surface area contributed by atoms with Crippen LogP contribution in [0.4, 0.5) is 4.39 Å². The van der Waals surface area contributed by atoms with Crippen LogP contribution in [-0.2, 0) is 0 Å². The van der Waals surface area contributed by atoms with E-state index >= 15 is 0 Å². The Bertz CT molecular complexity index is 464. The van der Waals surface area contributed by atoms with Crippen LogP contribution in [0.5, 0.6) is 0 Å². The Morgan fingerprint density at radius 2 is 2.36 bits per heavy atom. The fourth-order valence-electron chi connectivity index (χ4n) is 2.31. The number of hydrogen-bond acceptors (Lipinski definition) is 2. The lowest BCUT2D eigenvalue weighted by Gasteiger charge is -2.19. The molecule has 0 aromatic carbocycles. The molecule has 14 heavy (non-hydrogen) atoms. The second-order valence-corrected chi connectivity index (χ2v) is 3.76. The zero-order chi connectivity index (χ0) is 9.71. The van der Waals surface area contributed by atoms with Crippen molar-refractivity contribution in [2.75, 3.05) is 0 Å². The minimum absolute atomic E-state index is 0.167. The van der Waals surface area contributed by atoms with E-state index < -0.39 is 5.95 Å². The number of carbonyl (C=O) groups is 1. The van der Waals surface area contributed by atoms with E-state index in [0.717, 1.165) is 24.0 Å². The van der Waals surface area contributed by atoms with E-state index in [-0.39, 0.29) is 11.3 Å². The van der Waals surface area contributed by atoms with E-state index in [2.05, 4.69) is 4.98 Å². The molecule has 0 saturated heterocycles. The number of carbonyl (C=O) groups excluding carboxylic acids is 1. The monoisotopic (exact) mass is 189 g/mol.